The maximum Gasteiger partial charge on any atom is 0.253 e. The maximum atomic E-state index is 12.8. The summed E-state index contributed by atoms with van der Waals surface area (Å²) in [7, 11) is 0. The zero-order valence-electron chi connectivity index (χ0n) is 16.0. The molecule has 0 aromatic heterocycles. The Morgan fingerprint density at radius 1 is 0.793 bits per heavy atom. The summed E-state index contributed by atoms with van der Waals surface area (Å²) in [6.07, 6.45) is 0. The van der Waals surface area contributed by atoms with Crippen molar-refractivity contribution >= 4 is 33.4 Å². The van der Waals surface area contributed by atoms with Gasteiger partial charge in [-0.25, -0.2) is 0 Å². The van der Waals surface area contributed by atoms with E-state index in [1.807, 2.05) is 11.0 Å². The molecular weight excluding hydrogens is 448 g/mol. The van der Waals surface area contributed by atoms with Gasteiger partial charge in [0.2, 0.25) is 0 Å². The lowest BCUT2D eigenvalue weighted by Crippen LogP contribution is -2.49. The van der Waals surface area contributed by atoms with Gasteiger partial charge < -0.3 is 4.90 Å². The number of carbonyl (C=O) groups excluding carboxylic acids is 1. The Morgan fingerprint density at radius 2 is 1.38 bits per heavy atom. The topological polar surface area (TPSA) is 23.6 Å². The lowest BCUT2D eigenvalue weighted by Gasteiger charge is -2.39. The third-order valence-corrected chi connectivity index (χ3v) is 6.14. The van der Waals surface area contributed by atoms with E-state index in [0.29, 0.717) is 23.7 Å². The largest absolute Gasteiger partial charge is 0.336 e. The summed E-state index contributed by atoms with van der Waals surface area (Å²) in [6.45, 7) is 3.08. The third-order valence-electron chi connectivity index (χ3n) is 5.36. The SMILES string of the molecule is O=C(c1ccc(Cl)cc1)N1CCN(C(c2ccccc2)c2ccc(Br)cc2)CC1. The van der Waals surface area contributed by atoms with Gasteiger partial charge in [-0.3, -0.25) is 9.69 Å². The molecule has 1 amide bonds. The van der Waals surface area contributed by atoms with Crippen LogP contribution in [0.4, 0.5) is 0 Å². The van der Waals surface area contributed by atoms with Crippen LogP contribution in [0.2, 0.25) is 5.02 Å². The van der Waals surface area contributed by atoms with Crippen LogP contribution in [-0.4, -0.2) is 41.9 Å². The highest BCUT2D eigenvalue weighted by Gasteiger charge is 2.28. The van der Waals surface area contributed by atoms with Crippen LogP contribution in [0.25, 0.3) is 0 Å². The smallest absolute Gasteiger partial charge is 0.253 e. The van der Waals surface area contributed by atoms with Gasteiger partial charge in [0.25, 0.3) is 5.91 Å². The fraction of sp³-hybridized carbons (Fsp3) is 0.208. The lowest BCUT2D eigenvalue weighted by atomic mass is 9.96. The van der Waals surface area contributed by atoms with Crippen molar-refractivity contribution in [2.45, 2.75) is 6.04 Å². The number of nitrogens with zero attached hydrogens (tertiary/aromatic N) is 2. The van der Waals surface area contributed by atoms with E-state index in [9.17, 15) is 4.79 Å². The molecule has 0 aliphatic carbocycles. The maximum absolute atomic E-state index is 12.8. The number of benzene rings is 3. The van der Waals surface area contributed by atoms with Crippen LogP contribution >= 0.6 is 27.5 Å². The fourth-order valence-electron chi connectivity index (χ4n) is 3.85. The quantitative estimate of drug-likeness (QED) is 0.493. The highest BCUT2D eigenvalue weighted by atomic mass is 79.9. The van der Waals surface area contributed by atoms with Crippen LogP contribution in [-0.2, 0) is 0 Å². The average molecular weight is 470 g/mol. The molecule has 0 bridgehead atoms. The van der Waals surface area contributed by atoms with E-state index in [2.05, 4.69) is 69.4 Å². The van der Waals surface area contributed by atoms with E-state index in [0.717, 1.165) is 17.6 Å². The molecule has 1 aliphatic heterocycles. The van der Waals surface area contributed by atoms with Crippen molar-refractivity contribution in [3.63, 3.8) is 0 Å². The molecule has 1 unspecified atom stereocenters. The second kappa shape index (κ2) is 9.12. The summed E-state index contributed by atoms with van der Waals surface area (Å²) in [5, 5.41) is 0.645. The van der Waals surface area contributed by atoms with Gasteiger partial charge in [-0.2, -0.15) is 0 Å². The predicted octanol–water partition coefficient (Wildman–Crippen LogP) is 5.65. The minimum absolute atomic E-state index is 0.0706. The average Bonchev–Trinajstić information content (AvgIpc) is 2.77. The molecule has 5 heteroatoms. The van der Waals surface area contributed by atoms with Crippen molar-refractivity contribution < 1.29 is 4.79 Å². The number of hydrogen-bond donors (Lipinski definition) is 0. The summed E-state index contributed by atoms with van der Waals surface area (Å²) >= 11 is 9.48. The van der Waals surface area contributed by atoms with E-state index in [1.165, 1.54) is 11.1 Å². The van der Waals surface area contributed by atoms with Crippen LogP contribution in [0.15, 0.2) is 83.3 Å². The van der Waals surface area contributed by atoms with Crippen molar-refractivity contribution in [2.24, 2.45) is 0 Å². The molecule has 0 saturated carbocycles. The highest BCUT2D eigenvalue weighted by Crippen LogP contribution is 2.30. The first kappa shape index (κ1) is 20.1. The molecule has 29 heavy (non-hydrogen) atoms. The first-order valence-corrected chi connectivity index (χ1v) is 10.9. The van der Waals surface area contributed by atoms with Gasteiger partial charge in [-0.15, -0.1) is 0 Å². The van der Waals surface area contributed by atoms with Crippen molar-refractivity contribution in [3.05, 3.63) is 105 Å². The molecule has 1 atom stereocenters. The molecule has 148 valence electrons. The first-order chi connectivity index (χ1) is 14.1. The minimum atomic E-state index is 0.0706. The number of rotatable bonds is 4. The molecule has 1 aliphatic rings. The molecule has 4 rings (SSSR count). The van der Waals surface area contributed by atoms with Crippen LogP contribution in [0.3, 0.4) is 0 Å². The van der Waals surface area contributed by atoms with Crippen molar-refractivity contribution in [1.82, 2.24) is 9.80 Å². The van der Waals surface area contributed by atoms with Crippen LogP contribution in [0.1, 0.15) is 27.5 Å². The van der Waals surface area contributed by atoms with E-state index < -0.39 is 0 Å². The Hall–Kier alpha value is -2.14. The van der Waals surface area contributed by atoms with Crippen LogP contribution in [0, 0.1) is 0 Å². The summed E-state index contributed by atoms with van der Waals surface area (Å²) in [6, 6.07) is 26.4. The van der Waals surface area contributed by atoms with E-state index >= 15 is 0 Å². The van der Waals surface area contributed by atoms with E-state index in [-0.39, 0.29) is 11.9 Å². The zero-order chi connectivity index (χ0) is 20.2. The fourth-order valence-corrected chi connectivity index (χ4v) is 4.24. The predicted molar refractivity (Wildman–Crippen MR) is 121 cm³/mol. The number of carbonyl (C=O) groups is 1. The second-order valence-corrected chi connectivity index (χ2v) is 8.55. The molecule has 0 N–H and O–H groups in total. The van der Waals surface area contributed by atoms with Gasteiger partial charge in [0.1, 0.15) is 0 Å². The second-order valence-electron chi connectivity index (χ2n) is 7.20. The number of halogens is 2. The number of hydrogen-bond acceptors (Lipinski definition) is 2. The van der Waals surface area contributed by atoms with Gasteiger partial charge in [0, 0.05) is 41.2 Å². The summed E-state index contributed by atoms with van der Waals surface area (Å²) < 4.78 is 1.08. The Labute approximate surface area is 185 Å². The van der Waals surface area contributed by atoms with Gasteiger partial charge >= 0.3 is 0 Å². The number of amides is 1. The Bertz CT molecular complexity index is 952. The molecule has 3 aromatic rings. The van der Waals surface area contributed by atoms with Gasteiger partial charge in [0.05, 0.1) is 6.04 Å². The molecule has 1 heterocycles. The van der Waals surface area contributed by atoms with Crippen molar-refractivity contribution in [3.8, 4) is 0 Å². The van der Waals surface area contributed by atoms with Crippen molar-refractivity contribution in [2.75, 3.05) is 26.2 Å². The summed E-state index contributed by atoms with van der Waals surface area (Å²) in [5.41, 5.74) is 3.22. The minimum Gasteiger partial charge on any atom is -0.336 e. The zero-order valence-corrected chi connectivity index (χ0v) is 18.3. The number of piperazine rings is 1. The third kappa shape index (κ3) is 4.72. The van der Waals surface area contributed by atoms with Crippen LogP contribution in [0.5, 0.6) is 0 Å². The van der Waals surface area contributed by atoms with Gasteiger partial charge in [0.15, 0.2) is 0 Å². The van der Waals surface area contributed by atoms with Crippen LogP contribution < -0.4 is 0 Å². The summed E-state index contributed by atoms with van der Waals surface area (Å²) in [5.74, 6) is 0.0706. The molecule has 1 saturated heterocycles. The Morgan fingerprint density at radius 3 is 2.00 bits per heavy atom. The van der Waals surface area contributed by atoms with E-state index in [4.69, 9.17) is 11.6 Å². The van der Waals surface area contributed by atoms with Crippen molar-refractivity contribution in [1.29, 1.82) is 0 Å². The van der Waals surface area contributed by atoms with Gasteiger partial charge in [-0.1, -0.05) is 70.0 Å². The normalized spacial score (nSPS) is 15.9. The molecule has 3 aromatic carbocycles. The molecule has 0 spiro atoms. The lowest BCUT2D eigenvalue weighted by molar-refractivity contribution is 0.0597. The summed E-state index contributed by atoms with van der Waals surface area (Å²) in [4.78, 5) is 17.2. The monoisotopic (exact) mass is 468 g/mol. The Balaban J connectivity index is 1.51. The van der Waals surface area contributed by atoms with E-state index in [1.54, 1.807) is 24.3 Å². The highest BCUT2D eigenvalue weighted by molar-refractivity contribution is 9.10. The molecular formula is C24H22BrClN2O. The van der Waals surface area contributed by atoms with Gasteiger partial charge in [-0.05, 0) is 47.5 Å². The Kier molecular flexibility index (Phi) is 6.34. The molecule has 0 radical (unpaired) electrons. The molecule has 3 nitrogen and oxygen atoms in total. The standard InChI is InChI=1S/C24H22BrClN2O/c25-21-10-6-19(7-11-21)23(18-4-2-1-3-5-18)27-14-16-28(17-15-27)24(29)20-8-12-22(26)13-9-20/h1-13,23H,14-17H2. The molecule has 1 fully saturated rings. The first-order valence-electron chi connectivity index (χ1n) is 9.71.